The zero-order valence-corrected chi connectivity index (χ0v) is 16.4. The van der Waals surface area contributed by atoms with Crippen LogP contribution in [0.15, 0.2) is 48.5 Å². The second kappa shape index (κ2) is 7.26. The first kappa shape index (κ1) is 19.9. The van der Waals surface area contributed by atoms with Crippen molar-refractivity contribution in [3.05, 3.63) is 65.2 Å². The molecule has 2 aromatic carbocycles. The molecule has 0 fully saturated rings. The summed E-state index contributed by atoms with van der Waals surface area (Å²) in [6.45, 7) is 5.16. The van der Waals surface area contributed by atoms with Gasteiger partial charge in [-0.15, -0.1) is 0 Å². The first-order chi connectivity index (χ1) is 13.1. The van der Waals surface area contributed by atoms with E-state index >= 15 is 4.39 Å². The number of benzene rings is 2. The topological polar surface area (TPSA) is 64.6 Å². The van der Waals surface area contributed by atoms with Crippen LogP contribution in [-0.2, 0) is 11.2 Å². The van der Waals surface area contributed by atoms with Gasteiger partial charge in [-0.3, -0.25) is 4.79 Å². The molecule has 1 aliphatic rings. The summed E-state index contributed by atoms with van der Waals surface area (Å²) >= 11 is 0. The lowest BCUT2D eigenvalue weighted by Gasteiger charge is -2.31. The average Bonchev–Trinajstić information content (AvgIpc) is 2.90. The van der Waals surface area contributed by atoms with E-state index < -0.39 is 29.2 Å². The van der Waals surface area contributed by atoms with Crippen molar-refractivity contribution in [2.45, 2.75) is 44.5 Å². The van der Waals surface area contributed by atoms with Gasteiger partial charge in [-0.2, -0.15) is 0 Å². The molecule has 0 aromatic heterocycles. The van der Waals surface area contributed by atoms with Crippen LogP contribution in [0, 0.1) is 0 Å². The van der Waals surface area contributed by atoms with Gasteiger partial charge in [-0.1, -0.05) is 36.4 Å². The lowest BCUT2D eigenvalue weighted by Crippen LogP contribution is -2.48. The number of fused-ring (bicyclic) bond motifs is 1. The minimum atomic E-state index is -2.31. The van der Waals surface area contributed by atoms with Crippen LogP contribution in [-0.4, -0.2) is 30.3 Å². The van der Waals surface area contributed by atoms with Gasteiger partial charge in [0.05, 0.1) is 13.2 Å². The summed E-state index contributed by atoms with van der Waals surface area (Å²) < 4.78 is 26.6. The number of alkyl halides is 1. The highest BCUT2D eigenvalue weighted by Gasteiger charge is 2.53. The number of halogens is 1. The Bertz CT molecular complexity index is 888. The number of hydrogen-bond donors (Lipinski definition) is 1. The van der Waals surface area contributed by atoms with E-state index in [1.54, 1.807) is 69.3 Å². The van der Waals surface area contributed by atoms with Crippen molar-refractivity contribution in [2.24, 2.45) is 0 Å². The number of carbonyl (C=O) groups excluding carboxylic acids is 2. The third kappa shape index (κ3) is 3.86. The maximum absolute atomic E-state index is 16.2. The normalized spacial score (nSPS) is 19.7. The number of hydrogen-bond acceptors (Lipinski definition) is 4. The van der Waals surface area contributed by atoms with Crippen molar-refractivity contribution in [3.8, 4) is 5.75 Å². The average molecular weight is 385 g/mol. The number of nitrogens with one attached hydrogen (secondary N) is 1. The summed E-state index contributed by atoms with van der Waals surface area (Å²) in [5, 5.41) is 2.58. The zero-order valence-electron chi connectivity index (χ0n) is 16.4. The second-order valence-electron chi connectivity index (χ2n) is 7.88. The molecule has 1 amide bonds. The number of ether oxygens (including phenoxy) is 2. The molecule has 2 atom stereocenters. The first-order valence-corrected chi connectivity index (χ1v) is 9.09. The Morgan fingerprint density at radius 2 is 1.79 bits per heavy atom. The number of rotatable bonds is 4. The van der Waals surface area contributed by atoms with Gasteiger partial charge in [0, 0.05) is 12.0 Å². The Labute approximate surface area is 163 Å². The van der Waals surface area contributed by atoms with E-state index in [2.05, 4.69) is 5.32 Å². The molecule has 1 aliphatic carbocycles. The van der Waals surface area contributed by atoms with E-state index in [0.29, 0.717) is 22.4 Å². The number of Topliss-reactive ketones (excluding diaryl/α,β-unsaturated/α-hetero) is 1. The Morgan fingerprint density at radius 3 is 2.36 bits per heavy atom. The highest BCUT2D eigenvalue weighted by atomic mass is 19.1. The van der Waals surface area contributed by atoms with E-state index in [1.807, 2.05) is 0 Å². The monoisotopic (exact) mass is 385 g/mol. The van der Waals surface area contributed by atoms with Gasteiger partial charge in [0.1, 0.15) is 11.4 Å². The van der Waals surface area contributed by atoms with E-state index in [-0.39, 0.29) is 6.42 Å². The van der Waals surface area contributed by atoms with E-state index in [1.165, 1.54) is 7.11 Å². The van der Waals surface area contributed by atoms with Crippen molar-refractivity contribution in [3.63, 3.8) is 0 Å². The van der Waals surface area contributed by atoms with Crippen LogP contribution in [0.2, 0.25) is 0 Å². The third-order valence-corrected chi connectivity index (χ3v) is 4.65. The van der Waals surface area contributed by atoms with Gasteiger partial charge in [-0.25, -0.2) is 9.18 Å². The highest BCUT2D eigenvalue weighted by Crippen LogP contribution is 2.42. The molecular weight excluding hydrogens is 361 g/mol. The molecule has 0 bridgehead atoms. The predicted octanol–water partition coefficient (Wildman–Crippen LogP) is 4.41. The van der Waals surface area contributed by atoms with Crippen LogP contribution in [0.5, 0.6) is 5.75 Å². The van der Waals surface area contributed by atoms with Gasteiger partial charge in [0.25, 0.3) is 0 Å². The number of methoxy groups -OCH3 is 1. The number of alkyl carbamates (subject to hydrolysis) is 1. The van der Waals surface area contributed by atoms with E-state index in [9.17, 15) is 9.59 Å². The maximum Gasteiger partial charge on any atom is 0.408 e. The zero-order chi connectivity index (χ0) is 20.5. The van der Waals surface area contributed by atoms with Crippen molar-refractivity contribution < 1.29 is 23.5 Å². The SMILES string of the molecule is COc1ccc([C@H](NC(=O)OC(C)(C)C)[C@@]2(F)Cc3ccccc3C2=O)cc1. The third-order valence-electron chi connectivity index (χ3n) is 4.65. The standard InChI is InChI=1S/C22H24FNO4/c1-21(2,3)28-20(26)24-18(14-9-11-16(27-4)12-10-14)22(23)13-15-7-5-6-8-17(15)19(22)25/h5-12,18H,13H2,1-4H3,(H,24,26)/t18-,22-/m0/s1. The van der Waals surface area contributed by atoms with Crippen LogP contribution in [0.25, 0.3) is 0 Å². The summed E-state index contributed by atoms with van der Waals surface area (Å²) in [4.78, 5) is 25.3. The molecule has 0 radical (unpaired) electrons. The van der Waals surface area contributed by atoms with Crippen LogP contribution >= 0.6 is 0 Å². The molecule has 0 aliphatic heterocycles. The summed E-state index contributed by atoms with van der Waals surface area (Å²) in [5.41, 5.74) is -1.64. The summed E-state index contributed by atoms with van der Waals surface area (Å²) in [6.07, 6.45) is -0.900. The Kier molecular flexibility index (Phi) is 5.15. The molecular formula is C22H24FNO4. The highest BCUT2D eigenvalue weighted by molar-refractivity contribution is 6.07. The molecule has 0 saturated heterocycles. The van der Waals surface area contributed by atoms with Gasteiger partial charge < -0.3 is 14.8 Å². The Morgan fingerprint density at radius 1 is 1.14 bits per heavy atom. The molecule has 148 valence electrons. The molecule has 0 unspecified atom stereocenters. The molecule has 1 N–H and O–H groups in total. The fourth-order valence-electron chi connectivity index (χ4n) is 3.39. The minimum Gasteiger partial charge on any atom is -0.497 e. The lowest BCUT2D eigenvalue weighted by molar-refractivity contribution is 0.0372. The molecule has 0 heterocycles. The largest absolute Gasteiger partial charge is 0.497 e. The molecule has 6 heteroatoms. The molecule has 3 rings (SSSR count). The Hall–Kier alpha value is -2.89. The minimum absolute atomic E-state index is 0.117. The van der Waals surface area contributed by atoms with Crippen LogP contribution in [0.4, 0.5) is 9.18 Å². The molecule has 28 heavy (non-hydrogen) atoms. The van der Waals surface area contributed by atoms with Crippen LogP contribution in [0.3, 0.4) is 0 Å². The second-order valence-corrected chi connectivity index (χ2v) is 7.88. The van der Waals surface area contributed by atoms with Gasteiger partial charge >= 0.3 is 6.09 Å². The summed E-state index contributed by atoms with van der Waals surface area (Å²) in [5.74, 6) is -0.0475. The molecule has 2 aromatic rings. The quantitative estimate of drug-likeness (QED) is 0.847. The van der Waals surface area contributed by atoms with Crippen LogP contribution in [0.1, 0.15) is 48.3 Å². The van der Waals surface area contributed by atoms with Crippen molar-refractivity contribution in [1.82, 2.24) is 5.32 Å². The number of carbonyl (C=O) groups is 2. The van der Waals surface area contributed by atoms with E-state index in [0.717, 1.165) is 0 Å². The molecule has 5 nitrogen and oxygen atoms in total. The fourth-order valence-corrected chi connectivity index (χ4v) is 3.39. The smallest absolute Gasteiger partial charge is 0.408 e. The van der Waals surface area contributed by atoms with Crippen molar-refractivity contribution >= 4 is 11.9 Å². The summed E-state index contributed by atoms with van der Waals surface area (Å²) in [6, 6.07) is 12.2. The lowest BCUT2D eigenvalue weighted by atomic mass is 9.86. The van der Waals surface area contributed by atoms with Crippen LogP contribution < -0.4 is 10.1 Å². The van der Waals surface area contributed by atoms with Gasteiger partial charge in [0.15, 0.2) is 0 Å². The van der Waals surface area contributed by atoms with Gasteiger partial charge in [-0.05, 0) is 44.0 Å². The maximum atomic E-state index is 16.2. The predicted molar refractivity (Wildman–Crippen MR) is 103 cm³/mol. The number of amides is 1. The van der Waals surface area contributed by atoms with E-state index in [4.69, 9.17) is 9.47 Å². The molecule has 0 saturated carbocycles. The van der Waals surface area contributed by atoms with Gasteiger partial charge in [0.2, 0.25) is 11.5 Å². The Balaban J connectivity index is 1.98. The summed E-state index contributed by atoms with van der Waals surface area (Å²) in [7, 11) is 1.53. The number of ketones is 1. The van der Waals surface area contributed by atoms with Crippen molar-refractivity contribution in [1.29, 1.82) is 0 Å². The fraction of sp³-hybridized carbons (Fsp3) is 0.364. The first-order valence-electron chi connectivity index (χ1n) is 9.09. The van der Waals surface area contributed by atoms with Crippen molar-refractivity contribution in [2.75, 3.05) is 7.11 Å². The molecule has 0 spiro atoms.